The van der Waals surface area contributed by atoms with Crippen LogP contribution in [0.25, 0.3) is 0 Å². The molecule has 0 fully saturated rings. The Morgan fingerprint density at radius 3 is 2.67 bits per heavy atom. The zero-order valence-corrected chi connectivity index (χ0v) is 15.8. The Bertz CT molecular complexity index is 828. The first-order valence-corrected chi connectivity index (χ1v) is 8.56. The second kappa shape index (κ2) is 10.1. The molecule has 2 aromatic rings. The highest BCUT2D eigenvalue weighted by atomic mass is 32.1. The van der Waals surface area contributed by atoms with Crippen molar-refractivity contribution in [3.63, 3.8) is 0 Å². The van der Waals surface area contributed by atoms with Gasteiger partial charge in [0.25, 0.3) is 5.69 Å². The van der Waals surface area contributed by atoms with Crippen molar-refractivity contribution in [3.8, 4) is 11.5 Å². The van der Waals surface area contributed by atoms with E-state index in [1.54, 1.807) is 0 Å². The monoisotopic (exact) mass is 388 g/mol. The number of nitro groups is 1. The number of ether oxygens (including phenoxy) is 2. The molecule has 0 saturated carbocycles. The van der Waals surface area contributed by atoms with E-state index in [2.05, 4.69) is 15.8 Å². The molecule has 2 aromatic carbocycles. The second-order valence-corrected chi connectivity index (χ2v) is 5.73. The van der Waals surface area contributed by atoms with Gasteiger partial charge in [-0.1, -0.05) is 30.3 Å². The third-order valence-electron chi connectivity index (χ3n) is 3.45. The number of benzene rings is 2. The van der Waals surface area contributed by atoms with Crippen molar-refractivity contribution in [1.82, 2.24) is 10.7 Å². The van der Waals surface area contributed by atoms with Crippen LogP contribution in [-0.4, -0.2) is 29.9 Å². The minimum absolute atomic E-state index is 0.154. The van der Waals surface area contributed by atoms with Crippen molar-refractivity contribution in [2.24, 2.45) is 5.10 Å². The van der Waals surface area contributed by atoms with Crippen LogP contribution in [0.5, 0.6) is 11.5 Å². The molecule has 0 aliphatic heterocycles. The van der Waals surface area contributed by atoms with Gasteiger partial charge in [-0.2, -0.15) is 5.10 Å². The van der Waals surface area contributed by atoms with E-state index in [0.717, 1.165) is 5.56 Å². The largest absolute Gasteiger partial charge is 0.493 e. The molecule has 0 atom stereocenters. The van der Waals surface area contributed by atoms with E-state index in [4.69, 9.17) is 21.7 Å². The lowest BCUT2D eigenvalue weighted by atomic mass is 10.1. The Hall–Kier alpha value is -3.20. The molecule has 2 N–H and O–H groups in total. The Kier molecular flexibility index (Phi) is 7.50. The van der Waals surface area contributed by atoms with Crippen LogP contribution in [0.2, 0.25) is 0 Å². The molecule has 0 aromatic heterocycles. The fourth-order valence-electron chi connectivity index (χ4n) is 2.19. The topological polar surface area (TPSA) is 98.0 Å². The standard InChI is InChI=1S/C18H20N4O4S/c1-3-19-18(27)21-20-11-14-9-16(25-2)17(10-15(14)22(23)24)26-12-13-7-5-4-6-8-13/h4-11H,3,12H2,1-2H3,(H2,19,21,27)/b20-11-. The Balaban J connectivity index is 2.24. The average Bonchev–Trinajstić information content (AvgIpc) is 2.67. The van der Waals surface area contributed by atoms with Gasteiger partial charge < -0.3 is 14.8 Å². The molecule has 27 heavy (non-hydrogen) atoms. The highest BCUT2D eigenvalue weighted by Crippen LogP contribution is 2.34. The molecule has 8 nitrogen and oxygen atoms in total. The van der Waals surface area contributed by atoms with Crippen LogP contribution in [0.1, 0.15) is 18.1 Å². The summed E-state index contributed by atoms with van der Waals surface area (Å²) in [5.74, 6) is 0.647. The molecule has 0 aliphatic rings. The van der Waals surface area contributed by atoms with Crippen LogP contribution < -0.4 is 20.2 Å². The number of hydrogen-bond acceptors (Lipinski definition) is 6. The van der Waals surface area contributed by atoms with Gasteiger partial charge in [-0.3, -0.25) is 15.5 Å². The lowest BCUT2D eigenvalue weighted by molar-refractivity contribution is -0.385. The van der Waals surface area contributed by atoms with Crippen molar-refractivity contribution in [2.45, 2.75) is 13.5 Å². The summed E-state index contributed by atoms with van der Waals surface area (Å²) in [6.45, 7) is 2.80. The first-order chi connectivity index (χ1) is 13.0. The molecular weight excluding hydrogens is 368 g/mol. The van der Waals surface area contributed by atoms with Gasteiger partial charge >= 0.3 is 0 Å². The second-order valence-electron chi connectivity index (χ2n) is 5.32. The van der Waals surface area contributed by atoms with Crippen molar-refractivity contribution in [3.05, 3.63) is 63.7 Å². The lowest BCUT2D eigenvalue weighted by Crippen LogP contribution is -2.31. The number of nitrogens with zero attached hydrogens (tertiary/aromatic N) is 2. The maximum Gasteiger partial charge on any atom is 0.282 e. The molecule has 142 valence electrons. The number of hydrazone groups is 1. The summed E-state index contributed by atoms with van der Waals surface area (Å²) in [7, 11) is 1.47. The van der Waals surface area contributed by atoms with Crippen LogP contribution in [0.15, 0.2) is 47.6 Å². The van der Waals surface area contributed by atoms with Crippen LogP contribution in [0.4, 0.5) is 5.69 Å². The summed E-state index contributed by atoms with van der Waals surface area (Å²) in [5, 5.41) is 18.5. The summed E-state index contributed by atoms with van der Waals surface area (Å²) < 4.78 is 11.0. The van der Waals surface area contributed by atoms with Gasteiger partial charge in [0.2, 0.25) is 0 Å². The third kappa shape index (κ3) is 5.93. The van der Waals surface area contributed by atoms with Crippen molar-refractivity contribution in [2.75, 3.05) is 13.7 Å². The lowest BCUT2D eigenvalue weighted by Gasteiger charge is -2.12. The summed E-state index contributed by atoms with van der Waals surface area (Å²) in [4.78, 5) is 10.9. The molecule has 0 radical (unpaired) electrons. The van der Waals surface area contributed by atoms with Crippen LogP contribution >= 0.6 is 12.2 Å². The zero-order chi connectivity index (χ0) is 19.6. The van der Waals surface area contributed by atoms with Gasteiger partial charge in [-0.25, -0.2) is 0 Å². The van der Waals surface area contributed by atoms with E-state index in [-0.39, 0.29) is 23.6 Å². The number of hydrogen-bond donors (Lipinski definition) is 2. The smallest absolute Gasteiger partial charge is 0.282 e. The van der Waals surface area contributed by atoms with Crippen LogP contribution in [0, 0.1) is 10.1 Å². The average molecular weight is 388 g/mol. The van der Waals surface area contributed by atoms with Gasteiger partial charge in [0.15, 0.2) is 16.6 Å². The molecule has 0 unspecified atom stereocenters. The molecule has 0 spiro atoms. The van der Waals surface area contributed by atoms with Gasteiger partial charge in [0, 0.05) is 6.54 Å². The van der Waals surface area contributed by atoms with Crippen molar-refractivity contribution in [1.29, 1.82) is 0 Å². The number of methoxy groups -OCH3 is 1. The molecule has 0 saturated heterocycles. The Labute approximate surface area is 162 Å². The number of rotatable bonds is 8. The number of nitrogens with one attached hydrogen (secondary N) is 2. The normalized spacial score (nSPS) is 10.4. The summed E-state index contributed by atoms with van der Waals surface area (Å²) in [5.41, 5.74) is 3.64. The van der Waals surface area contributed by atoms with Gasteiger partial charge in [0.05, 0.1) is 29.9 Å². The summed E-state index contributed by atoms with van der Waals surface area (Å²) >= 11 is 4.99. The molecule has 0 aliphatic carbocycles. The predicted molar refractivity (Wildman–Crippen MR) is 107 cm³/mol. The molecule has 0 heterocycles. The van der Waals surface area contributed by atoms with Gasteiger partial charge in [-0.05, 0) is 30.8 Å². The third-order valence-corrected chi connectivity index (χ3v) is 3.69. The van der Waals surface area contributed by atoms with E-state index in [1.807, 2.05) is 37.3 Å². The summed E-state index contributed by atoms with van der Waals surface area (Å²) in [6, 6.07) is 12.3. The van der Waals surface area contributed by atoms with E-state index >= 15 is 0 Å². The molecule has 0 amide bonds. The Morgan fingerprint density at radius 1 is 1.30 bits per heavy atom. The Morgan fingerprint density at radius 2 is 2.04 bits per heavy atom. The maximum absolute atomic E-state index is 11.4. The quantitative estimate of drug-likeness (QED) is 0.310. The number of thiocarbonyl (C=S) groups is 1. The van der Waals surface area contributed by atoms with E-state index in [9.17, 15) is 10.1 Å². The first-order valence-electron chi connectivity index (χ1n) is 8.15. The van der Waals surface area contributed by atoms with Gasteiger partial charge in [-0.15, -0.1) is 0 Å². The predicted octanol–water partition coefficient (Wildman–Crippen LogP) is 3.00. The minimum atomic E-state index is -0.501. The highest BCUT2D eigenvalue weighted by Gasteiger charge is 2.19. The maximum atomic E-state index is 11.4. The molecule has 9 heteroatoms. The zero-order valence-electron chi connectivity index (χ0n) is 15.0. The molecule has 0 bridgehead atoms. The fourth-order valence-corrected chi connectivity index (χ4v) is 2.39. The summed E-state index contributed by atoms with van der Waals surface area (Å²) in [6.07, 6.45) is 1.31. The highest BCUT2D eigenvalue weighted by molar-refractivity contribution is 7.80. The van der Waals surface area contributed by atoms with Crippen LogP contribution in [0.3, 0.4) is 0 Å². The minimum Gasteiger partial charge on any atom is -0.493 e. The van der Waals surface area contributed by atoms with Gasteiger partial charge in [0.1, 0.15) is 6.61 Å². The fraction of sp³-hybridized carbons (Fsp3) is 0.222. The number of nitro benzene ring substituents is 1. The van der Waals surface area contributed by atoms with E-state index < -0.39 is 4.92 Å². The SMILES string of the molecule is CCNC(=S)N/N=C\c1cc(OC)c(OCc2ccccc2)cc1[N+](=O)[O-]. The van der Waals surface area contributed by atoms with E-state index in [0.29, 0.717) is 17.4 Å². The first kappa shape index (κ1) is 20.1. The van der Waals surface area contributed by atoms with E-state index in [1.165, 1.54) is 25.5 Å². The van der Waals surface area contributed by atoms with Crippen molar-refractivity contribution >= 4 is 29.2 Å². The van der Waals surface area contributed by atoms with Crippen LogP contribution in [-0.2, 0) is 6.61 Å². The molecule has 2 rings (SSSR count). The molecular formula is C18H20N4O4S. The van der Waals surface area contributed by atoms with Crippen molar-refractivity contribution < 1.29 is 14.4 Å².